The number of carbonyl (C=O) groups excluding carboxylic acids is 2. The molecule has 2 heterocycles. The summed E-state index contributed by atoms with van der Waals surface area (Å²) in [5.74, 6) is -0.0301. The second-order valence-electron chi connectivity index (χ2n) is 5.75. The number of nitrogens with zero attached hydrogens (tertiary/aromatic N) is 3. The van der Waals surface area contributed by atoms with E-state index in [9.17, 15) is 14.7 Å². The fourth-order valence-corrected chi connectivity index (χ4v) is 2.73. The predicted octanol–water partition coefficient (Wildman–Crippen LogP) is 0.469. The van der Waals surface area contributed by atoms with Crippen LogP contribution in [0.2, 0.25) is 0 Å². The van der Waals surface area contributed by atoms with Gasteiger partial charge in [-0.25, -0.2) is 9.48 Å². The van der Waals surface area contributed by atoms with Gasteiger partial charge in [0, 0.05) is 19.1 Å². The van der Waals surface area contributed by atoms with E-state index in [1.807, 2.05) is 0 Å². The van der Waals surface area contributed by atoms with Gasteiger partial charge in [-0.15, -0.1) is 0 Å². The summed E-state index contributed by atoms with van der Waals surface area (Å²) >= 11 is 0. The predicted molar refractivity (Wildman–Crippen MR) is 88.8 cm³/mol. The van der Waals surface area contributed by atoms with Crippen molar-refractivity contribution >= 4 is 11.9 Å². The molecule has 0 bridgehead atoms. The number of rotatable bonds is 4. The molecule has 0 aliphatic carbocycles. The fourth-order valence-electron chi connectivity index (χ4n) is 2.73. The number of methoxy groups -OCH3 is 1. The number of primary amides is 1. The molecular formula is C16H19N5O4. The molecule has 0 saturated carbocycles. The van der Waals surface area contributed by atoms with Gasteiger partial charge in [0.1, 0.15) is 5.75 Å². The third kappa shape index (κ3) is 3.49. The average Bonchev–Trinajstić information content (AvgIpc) is 3.22. The number of hydrogen-bond donors (Lipinski definition) is 3. The first kappa shape index (κ1) is 16.6. The van der Waals surface area contributed by atoms with E-state index in [0.29, 0.717) is 30.9 Å². The van der Waals surface area contributed by atoms with E-state index in [1.54, 1.807) is 31.4 Å². The van der Waals surface area contributed by atoms with E-state index >= 15 is 0 Å². The minimum atomic E-state index is -0.511. The van der Waals surface area contributed by atoms with Crippen molar-refractivity contribution in [1.29, 1.82) is 0 Å². The van der Waals surface area contributed by atoms with E-state index in [2.05, 4.69) is 10.4 Å². The molecule has 1 aliphatic heterocycles. The zero-order valence-electron chi connectivity index (χ0n) is 13.7. The van der Waals surface area contributed by atoms with E-state index in [4.69, 9.17) is 10.5 Å². The molecule has 3 rings (SSSR count). The number of aromatic nitrogens is 2. The number of benzene rings is 1. The molecule has 2 aromatic rings. The van der Waals surface area contributed by atoms with Crippen molar-refractivity contribution in [3.63, 3.8) is 0 Å². The first-order valence-electron chi connectivity index (χ1n) is 7.76. The van der Waals surface area contributed by atoms with Crippen molar-refractivity contribution in [3.8, 4) is 17.2 Å². The highest BCUT2D eigenvalue weighted by Gasteiger charge is 2.28. The molecule has 1 saturated heterocycles. The number of nitrogens with two attached hydrogens (primary N) is 1. The maximum absolute atomic E-state index is 12.3. The standard InChI is InChI=1S/C16H19N5O4/c1-25-12-4-2-11(3-5-12)21-9-13(22)14(19-21)15(23)18-10-6-7-20(8-10)16(17)24/h2-5,9-10,22H,6-8H2,1H3,(H2,17,24)(H,18,23). The summed E-state index contributed by atoms with van der Waals surface area (Å²) in [6.07, 6.45) is 1.97. The lowest BCUT2D eigenvalue weighted by Crippen LogP contribution is -2.40. The van der Waals surface area contributed by atoms with Gasteiger partial charge in [0.2, 0.25) is 0 Å². The number of carbonyl (C=O) groups is 2. The molecule has 9 nitrogen and oxygen atoms in total. The maximum atomic E-state index is 12.3. The molecular weight excluding hydrogens is 326 g/mol. The van der Waals surface area contributed by atoms with Crippen molar-refractivity contribution < 1.29 is 19.4 Å². The molecule has 0 radical (unpaired) electrons. The monoisotopic (exact) mass is 345 g/mol. The van der Waals surface area contributed by atoms with Crippen molar-refractivity contribution in [3.05, 3.63) is 36.2 Å². The minimum absolute atomic E-state index is 0.0756. The van der Waals surface area contributed by atoms with Crippen LogP contribution in [0.3, 0.4) is 0 Å². The Kier molecular flexibility index (Phi) is 4.46. The quantitative estimate of drug-likeness (QED) is 0.743. The average molecular weight is 345 g/mol. The Hall–Kier alpha value is -3.23. The van der Waals surface area contributed by atoms with Crippen LogP contribution in [-0.2, 0) is 0 Å². The number of likely N-dealkylation sites (tertiary alicyclic amines) is 1. The number of amides is 3. The van der Waals surface area contributed by atoms with Gasteiger partial charge in [-0.3, -0.25) is 4.79 Å². The summed E-state index contributed by atoms with van der Waals surface area (Å²) in [5, 5.41) is 16.9. The third-order valence-corrected chi connectivity index (χ3v) is 4.08. The van der Waals surface area contributed by atoms with Crippen LogP contribution < -0.4 is 15.8 Å². The fraction of sp³-hybridized carbons (Fsp3) is 0.312. The third-order valence-electron chi connectivity index (χ3n) is 4.08. The van der Waals surface area contributed by atoms with Crippen LogP contribution in [0.1, 0.15) is 16.9 Å². The van der Waals surface area contributed by atoms with Crippen molar-refractivity contribution in [2.75, 3.05) is 20.2 Å². The maximum Gasteiger partial charge on any atom is 0.314 e. The first-order valence-corrected chi connectivity index (χ1v) is 7.76. The smallest absolute Gasteiger partial charge is 0.314 e. The largest absolute Gasteiger partial charge is 0.504 e. The molecule has 4 N–H and O–H groups in total. The summed E-state index contributed by atoms with van der Waals surface area (Å²) in [4.78, 5) is 24.9. The number of ether oxygens (including phenoxy) is 1. The number of urea groups is 1. The Bertz CT molecular complexity index is 786. The SMILES string of the molecule is COc1ccc(-n2cc(O)c(C(=O)NC3CCN(C(N)=O)C3)n2)cc1. The minimum Gasteiger partial charge on any atom is -0.504 e. The van der Waals surface area contributed by atoms with Gasteiger partial charge < -0.3 is 25.8 Å². The van der Waals surface area contributed by atoms with Crippen molar-refractivity contribution in [1.82, 2.24) is 20.0 Å². The molecule has 1 unspecified atom stereocenters. The molecule has 9 heteroatoms. The summed E-state index contributed by atoms with van der Waals surface area (Å²) in [6.45, 7) is 0.841. The van der Waals surface area contributed by atoms with Gasteiger partial charge in [0.15, 0.2) is 11.4 Å². The molecule has 1 aliphatic rings. The molecule has 0 spiro atoms. The highest BCUT2D eigenvalue weighted by molar-refractivity contribution is 5.95. The van der Waals surface area contributed by atoms with E-state index in [0.717, 1.165) is 0 Å². The van der Waals surface area contributed by atoms with Gasteiger partial charge >= 0.3 is 6.03 Å². The molecule has 1 atom stereocenters. The van der Waals surface area contributed by atoms with Gasteiger partial charge in [-0.1, -0.05) is 0 Å². The van der Waals surface area contributed by atoms with Crippen LogP contribution in [0.25, 0.3) is 5.69 Å². The van der Waals surface area contributed by atoms with Crippen LogP contribution in [0.4, 0.5) is 4.79 Å². The summed E-state index contributed by atoms with van der Waals surface area (Å²) in [5.41, 5.74) is 5.83. The van der Waals surface area contributed by atoms with Crippen LogP contribution in [-0.4, -0.2) is 58.0 Å². The van der Waals surface area contributed by atoms with Gasteiger partial charge in [-0.2, -0.15) is 5.10 Å². The second kappa shape index (κ2) is 6.71. The van der Waals surface area contributed by atoms with Crippen LogP contribution in [0.15, 0.2) is 30.5 Å². The van der Waals surface area contributed by atoms with E-state index in [1.165, 1.54) is 15.8 Å². The lowest BCUT2D eigenvalue weighted by molar-refractivity contribution is 0.0930. The first-order chi connectivity index (χ1) is 12.0. The second-order valence-corrected chi connectivity index (χ2v) is 5.75. The number of hydrogen-bond acceptors (Lipinski definition) is 5. The Morgan fingerprint density at radius 1 is 1.36 bits per heavy atom. The van der Waals surface area contributed by atoms with Gasteiger partial charge in [0.05, 0.1) is 19.0 Å². The zero-order chi connectivity index (χ0) is 18.0. The lowest BCUT2D eigenvalue weighted by Gasteiger charge is -2.14. The van der Waals surface area contributed by atoms with Crippen molar-refractivity contribution in [2.45, 2.75) is 12.5 Å². The van der Waals surface area contributed by atoms with E-state index in [-0.39, 0.29) is 17.5 Å². The Morgan fingerprint density at radius 2 is 2.08 bits per heavy atom. The summed E-state index contributed by atoms with van der Waals surface area (Å²) < 4.78 is 6.50. The highest BCUT2D eigenvalue weighted by atomic mass is 16.5. The topological polar surface area (TPSA) is 123 Å². The summed E-state index contributed by atoms with van der Waals surface area (Å²) in [6, 6.07) is 6.30. The normalized spacial score (nSPS) is 16.7. The Balaban J connectivity index is 1.71. The van der Waals surface area contributed by atoms with E-state index < -0.39 is 11.9 Å². The summed E-state index contributed by atoms with van der Waals surface area (Å²) in [7, 11) is 1.57. The molecule has 25 heavy (non-hydrogen) atoms. The molecule has 1 aromatic heterocycles. The lowest BCUT2D eigenvalue weighted by atomic mass is 10.2. The van der Waals surface area contributed by atoms with Crippen LogP contribution in [0.5, 0.6) is 11.5 Å². The van der Waals surface area contributed by atoms with Crippen LogP contribution >= 0.6 is 0 Å². The van der Waals surface area contributed by atoms with Gasteiger partial charge in [-0.05, 0) is 30.7 Å². The number of nitrogens with one attached hydrogen (secondary N) is 1. The van der Waals surface area contributed by atoms with Crippen molar-refractivity contribution in [2.24, 2.45) is 5.73 Å². The molecule has 1 fully saturated rings. The molecule has 132 valence electrons. The Labute approximate surface area is 144 Å². The number of aromatic hydroxyl groups is 1. The zero-order valence-corrected chi connectivity index (χ0v) is 13.7. The highest BCUT2D eigenvalue weighted by Crippen LogP contribution is 2.20. The molecule has 1 aromatic carbocycles. The van der Waals surface area contributed by atoms with Crippen LogP contribution in [0, 0.1) is 0 Å². The van der Waals surface area contributed by atoms with Gasteiger partial charge in [0.25, 0.3) is 5.91 Å². The Morgan fingerprint density at radius 3 is 2.68 bits per heavy atom. The molecule has 3 amide bonds.